The molecule has 0 saturated carbocycles. The van der Waals surface area contributed by atoms with Gasteiger partial charge in [0.2, 0.25) is 0 Å². The number of thiophene rings is 1. The maximum Gasteiger partial charge on any atom is 0.281 e. The third-order valence-corrected chi connectivity index (χ3v) is 3.92. The normalized spacial score (nSPS) is 11.0. The van der Waals surface area contributed by atoms with Gasteiger partial charge in [0, 0.05) is 10.9 Å². The quantitative estimate of drug-likeness (QED) is 0.575. The maximum atomic E-state index is 11.7. The molecule has 21 heavy (non-hydrogen) atoms. The molecule has 1 aromatic heterocycles. The lowest BCUT2D eigenvalue weighted by molar-refractivity contribution is 0.0959. The Labute approximate surface area is 125 Å². The molecule has 2 aromatic carbocycles. The number of carbonyl (C=O) groups is 1. The molecule has 4 nitrogen and oxygen atoms in total. The zero-order valence-electron chi connectivity index (χ0n) is 11.0. The first-order valence-electron chi connectivity index (χ1n) is 6.33. The molecule has 2 N–H and O–H groups in total. The summed E-state index contributed by atoms with van der Waals surface area (Å²) in [6.07, 6.45) is 1.44. The Hall–Kier alpha value is -2.66. The lowest BCUT2D eigenvalue weighted by atomic mass is 10.1. The van der Waals surface area contributed by atoms with Crippen molar-refractivity contribution >= 4 is 34.2 Å². The summed E-state index contributed by atoms with van der Waals surface area (Å²) in [4.78, 5) is 12.3. The van der Waals surface area contributed by atoms with Crippen molar-refractivity contribution in [3.05, 3.63) is 64.4 Å². The lowest BCUT2D eigenvalue weighted by Crippen LogP contribution is -2.16. The van der Waals surface area contributed by atoms with Crippen LogP contribution in [0.3, 0.4) is 0 Å². The van der Waals surface area contributed by atoms with E-state index in [1.807, 2.05) is 35.7 Å². The highest BCUT2D eigenvalue weighted by Gasteiger charge is 2.06. The van der Waals surface area contributed by atoms with Gasteiger partial charge in [0.05, 0.1) is 11.1 Å². The standard InChI is InChI=1S/C16H12N2O2S/c19-15-12(8-7-11-4-1-2-5-13(11)15)10-17-18-16(20)14-6-3-9-21-14/h1-10,19H,(H,18,20)/b17-10+. The van der Waals surface area contributed by atoms with Gasteiger partial charge in [-0.25, -0.2) is 5.43 Å². The van der Waals surface area contributed by atoms with Crippen molar-refractivity contribution < 1.29 is 9.90 Å². The van der Waals surface area contributed by atoms with Crippen molar-refractivity contribution in [3.8, 4) is 5.75 Å². The van der Waals surface area contributed by atoms with Crippen LogP contribution in [0.2, 0.25) is 0 Å². The highest BCUT2D eigenvalue weighted by molar-refractivity contribution is 7.12. The summed E-state index contributed by atoms with van der Waals surface area (Å²) < 4.78 is 0. The summed E-state index contributed by atoms with van der Waals surface area (Å²) in [6.45, 7) is 0. The van der Waals surface area contributed by atoms with Gasteiger partial charge in [-0.05, 0) is 22.9 Å². The van der Waals surface area contributed by atoms with Gasteiger partial charge < -0.3 is 5.11 Å². The fourth-order valence-corrected chi connectivity index (χ4v) is 2.61. The lowest BCUT2D eigenvalue weighted by Gasteiger charge is -2.04. The first-order chi connectivity index (χ1) is 10.3. The van der Waals surface area contributed by atoms with E-state index < -0.39 is 0 Å². The topological polar surface area (TPSA) is 61.7 Å². The van der Waals surface area contributed by atoms with Crippen LogP contribution >= 0.6 is 11.3 Å². The highest BCUT2D eigenvalue weighted by Crippen LogP contribution is 2.27. The van der Waals surface area contributed by atoms with Gasteiger partial charge in [0.15, 0.2) is 0 Å². The molecule has 0 saturated heterocycles. The van der Waals surface area contributed by atoms with Crippen molar-refractivity contribution in [2.75, 3.05) is 0 Å². The minimum absolute atomic E-state index is 0.155. The molecule has 0 atom stereocenters. The molecule has 0 spiro atoms. The van der Waals surface area contributed by atoms with Crippen LogP contribution in [0, 0.1) is 0 Å². The van der Waals surface area contributed by atoms with E-state index in [0.29, 0.717) is 10.4 Å². The average molecular weight is 296 g/mol. The predicted octanol–water partition coefficient (Wildman–Crippen LogP) is 3.37. The van der Waals surface area contributed by atoms with E-state index in [-0.39, 0.29) is 11.7 Å². The third-order valence-electron chi connectivity index (χ3n) is 3.05. The summed E-state index contributed by atoms with van der Waals surface area (Å²) in [7, 11) is 0. The molecule has 1 heterocycles. The summed E-state index contributed by atoms with van der Waals surface area (Å²) in [5.41, 5.74) is 2.99. The molecule has 5 heteroatoms. The molecular weight excluding hydrogens is 284 g/mol. The third kappa shape index (κ3) is 2.78. The Morgan fingerprint density at radius 3 is 2.81 bits per heavy atom. The Bertz CT molecular complexity index is 810. The van der Waals surface area contributed by atoms with Gasteiger partial charge in [-0.2, -0.15) is 5.10 Å². The fraction of sp³-hybridized carbons (Fsp3) is 0. The van der Waals surface area contributed by atoms with Crippen molar-refractivity contribution in [2.24, 2.45) is 5.10 Å². The minimum atomic E-state index is -0.262. The second kappa shape index (κ2) is 5.76. The molecule has 104 valence electrons. The molecule has 3 aromatic rings. The van der Waals surface area contributed by atoms with Crippen LogP contribution in [-0.2, 0) is 0 Å². The number of phenolic OH excluding ortho intramolecular Hbond substituents is 1. The Balaban J connectivity index is 1.80. The molecule has 0 fully saturated rings. The summed E-state index contributed by atoms with van der Waals surface area (Å²) in [6, 6.07) is 14.7. The number of hydrazone groups is 1. The fourth-order valence-electron chi connectivity index (χ4n) is 2.00. The largest absolute Gasteiger partial charge is 0.507 e. The van der Waals surface area contributed by atoms with Gasteiger partial charge in [0.25, 0.3) is 5.91 Å². The van der Waals surface area contributed by atoms with Crippen molar-refractivity contribution in [1.82, 2.24) is 5.43 Å². The van der Waals surface area contributed by atoms with Gasteiger partial charge in [-0.3, -0.25) is 4.79 Å². The van der Waals surface area contributed by atoms with Gasteiger partial charge in [-0.15, -0.1) is 11.3 Å². The molecule has 0 aliphatic carbocycles. The molecule has 0 radical (unpaired) electrons. The molecular formula is C16H12N2O2S. The number of benzene rings is 2. The number of nitrogens with one attached hydrogen (secondary N) is 1. The van der Waals surface area contributed by atoms with Crippen molar-refractivity contribution in [3.63, 3.8) is 0 Å². The van der Waals surface area contributed by atoms with E-state index in [1.54, 1.807) is 18.2 Å². The smallest absolute Gasteiger partial charge is 0.281 e. The van der Waals surface area contributed by atoms with Crippen LogP contribution < -0.4 is 5.43 Å². The number of fused-ring (bicyclic) bond motifs is 1. The molecule has 0 bridgehead atoms. The van der Waals surface area contributed by atoms with Crippen LogP contribution in [0.15, 0.2) is 59.0 Å². The maximum absolute atomic E-state index is 11.7. The number of aromatic hydroxyl groups is 1. The zero-order chi connectivity index (χ0) is 14.7. The van der Waals surface area contributed by atoms with E-state index in [0.717, 1.165) is 10.8 Å². The molecule has 0 aliphatic rings. The Kier molecular flexibility index (Phi) is 3.66. The number of carbonyl (C=O) groups excluding carboxylic acids is 1. The summed E-state index contributed by atoms with van der Waals surface area (Å²) in [5, 5.41) is 17.6. The molecule has 0 unspecified atom stereocenters. The molecule has 1 amide bonds. The van der Waals surface area contributed by atoms with E-state index in [1.165, 1.54) is 17.6 Å². The predicted molar refractivity (Wildman–Crippen MR) is 85.0 cm³/mol. The first kappa shape index (κ1) is 13.3. The second-order valence-electron chi connectivity index (χ2n) is 4.40. The highest BCUT2D eigenvalue weighted by atomic mass is 32.1. The van der Waals surface area contributed by atoms with Gasteiger partial charge >= 0.3 is 0 Å². The SMILES string of the molecule is O=C(N/N=C/c1ccc2ccccc2c1O)c1cccs1. The zero-order valence-corrected chi connectivity index (χ0v) is 11.8. The van der Waals surface area contributed by atoms with E-state index >= 15 is 0 Å². The van der Waals surface area contributed by atoms with Crippen LogP contribution in [0.5, 0.6) is 5.75 Å². The molecule has 0 aliphatic heterocycles. The number of phenols is 1. The number of nitrogens with zero attached hydrogens (tertiary/aromatic N) is 1. The van der Waals surface area contributed by atoms with Crippen molar-refractivity contribution in [1.29, 1.82) is 0 Å². The number of hydrogen-bond acceptors (Lipinski definition) is 4. The van der Waals surface area contributed by atoms with Crippen LogP contribution in [-0.4, -0.2) is 17.2 Å². The second-order valence-corrected chi connectivity index (χ2v) is 5.35. The number of rotatable bonds is 3. The van der Waals surface area contributed by atoms with E-state index in [4.69, 9.17) is 0 Å². The average Bonchev–Trinajstić information content (AvgIpc) is 3.04. The van der Waals surface area contributed by atoms with Gasteiger partial charge in [0.1, 0.15) is 5.75 Å². The van der Waals surface area contributed by atoms with E-state index in [9.17, 15) is 9.90 Å². The summed E-state index contributed by atoms with van der Waals surface area (Å²) >= 11 is 1.35. The summed E-state index contributed by atoms with van der Waals surface area (Å²) in [5.74, 6) is -0.108. The monoisotopic (exact) mass is 296 g/mol. The number of hydrogen-bond donors (Lipinski definition) is 2. The number of amides is 1. The van der Waals surface area contributed by atoms with Crippen LogP contribution in [0.4, 0.5) is 0 Å². The Morgan fingerprint density at radius 1 is 1.14 bits per heavy atom. The first-order valence-corrected chi connectivity index (χ1v) is 7.21. The Morgan fingerprint density at radius 2 is 2.00 bits per heavy atom. The minimum Gasteiger partial charge on any atom is -0.507 e. The van der Waals surface area contributed by atoms with Gasteiger partial charge in [-0.1, -0.05) is 36.4 Å². The van der Waals surface area contributed by atoms with Crippen LogP contribution in [0.25, 0.3) is 10.8 Å². The van der Waals surface area contributed by atoms with Crippen LogP contribution in [0.1, 0.15) is 15.2 Å². The van der Waals surface area contributed by atoms with E-state index in [2.05, 4.69) is 10.5 Å². The van der Waals surface area contributed by atoms with Crippen molar-refractivity contribution in [2.45, 2.75) is 0 Å². The molecule has 3 rings (SSSR count).